The molecule has 118 valence electrons. The lowest BCUT2D eigenvalue weighted by atomic mass is 10.1. The number of hydrogen-bond donors (Lipinski definition) is 1. The first kappa shape index (κ1) is 17.4. The molecule has 0 spiro atoms. The molecule has 0 aromatic rings. The maximum absolute atomic E-state index is 12.6. The summed E-state index contributed by atoms with van der Waals surface area (Å²) in [5, 5.41) is 3.54. The Balaban J connectivity index is 2.70. The molecule has 0 radical (unpaired) electrons. The molecule has 1 amide bonds. The summed E-state index contributed by atoms with van der Waals surface area (Å²) in [5.74, 6) is 0.836. The smallest absolute Gasteiger partial charge is 0.241 e. The van der Waals surface area contributed by atoms with Crippen molar-refractivity contribution in [2.45, 2.75) is 78.6 Å². The molecule has 0 saturated carbocycles. The maximum atomic E-state index is 12.6. The van der Waals surface area contributed by atoms with E-state index in [-0.39, 0.29) is 24.2 Å². The minimum Gasteiger partial charge on any atom is -0.380 e. The standard InChI is InChI=1S/C16H32N2O2/c1-6-8-9-14-16(19)18(13(5)11-20-7-2)15(17-14)10-12(3)4/h12-15,17H,6-11H2,1-5H3. The van der Waals surface area contributed by atoms with Crippen LogP contribution in [0.3, 0.4) is 0 Å². The van der Waals surface area contributed by atoms with Crippen LogP contribution in [0.2, 0.25) is 0 Å². The van der Waals surface area contributed by atoms with Crippen molar-refractivity contribution in [3.63, 3.8) is 0 Å². The molecule has 3 unspecified atom stereocenters. The van der Waals surface area contributed by atoms with E-state index in [1.54, 1.807) is 0 Å². The number of hydrogen-bond acceptors (Lipinski definition) is 3. The highest BCUT2D eigenvalue weighted by Crippen LogP contribution is 2.23. The Bertz CT molecular complexity index is 294. The number of rotatable bonds is 9. The number of nitrogens with one attached hydrogen (secondary N) is 1. The summed E-state index contributed by atoms with van der Waals surface area (Å²) >= 11 is 0. The summed E-state index contributed by atoms with van der Waals surface area (Å²) in [6.45, 7) is 12.0. The van der Waals surface area contributed by atoms with Crippen LogP contribution in [-0.4, -0.2) is 42.3 Å². The lowest BCUT2D eigenvalue weighted by Gasteiger charge is -2.31. The summed E-state index contributed by atoms with van der Waals surface area (Å²) in [6, 6.07) is 0.146. The van der Waals surface area contributed by atoms with Gasteiger partial charge < -0.3 is 9.64 Å². The Morgan fingerprint density at radius 2 is 2.00 bits per heavy atom. The predicted molar refractivity (Wildman–Crippen MR) is 82.5 cm³/mol. The fraction of sp³-hybridized carbons (Fsp3) is 0.938. The lowest BCUT2D eigenvalue weighted by molar-refractivity contribution is -0.133. The molecule has 0 bridgehead atoms. The van der Waals surface area contributed by atoms with Gasteiger partial charge in [0.2, 0.25) is 5.91 Å². The molecule has 1 rings (SSSR count). The highest BCUT2D eigenvalue weighted by Gasteiger charge is 2.40. The molecule has 4 heteroatoms. The molecule has 1 N–H and O–H groups in total. The zero-order chi connectivity index (χ0) is 15.1. The van der Waals surface area contributed by atoms with E-state index in [4.69, 9.17) is 4.74 Å². The average Bonchev–Trinajstić information content (AvgIpc) is 2.69. The van der Waals surface area contributed by atoms with Crippen LogP contribution < -0.4 is 5.32 Å². The van der Waals surface area contributed by atoms with Crippen LogP contribution in [0.1, 0.15) is 60.3 Å². The van der Waals surface area contributed by atoms with Crippen LogP contribution in [-0.2, 0) is 9.53 Å². The Hall–Kier alpha value is -0.610. The van der Waals surface area contributed by atoms with E-state index in [0.29, 0.717) is 19.1 Å². The van der Waals surface area contributed by atoms with Crippen molar-refractivity contribution in [1.82, 2.24) is 10.2 Å². The molecule has 1 aliphatic heterocycles. The zero-order valence-electron chi connectivity index (χ0n) is 13.8. The first-order valence-electron chi connectivity index (χ1n) is 8.17. The van der Waals surface area contributed by atoms with Gasteiger partial charge in [0.1, 0.15) is 0 Å². The van der Waals surface area contributed by atoms with Crippen LogP contribution in [0.15, 0.2) is 0 Å². The second-order valence-electron chi connectivity index (χ2n) is 6.26. The minimum atomic E-state index is 0.00257. The monoisotopic (exact) mass is 284 g/mol. The van der Waals surface area contributed by atoms with E-state index >= 15 is 0 Å². The predicted octanol–water partition coefficient (Wildman–Crippen LogP) is 2.77. The van der Waals surface area contributed by atoms with Crippen molar-refractivity contribution < 1.29 is 9.53 Å². The maximum Gasteiger partial charge on any atom is 0.241 e. The van der Waals surface area contributed by atoms with Crippen LogP contribution >= 0.6 is 0 Å². The van der Waals surface area contributed by atoms with Gasteiger partial charge in [-0.05, 0) is 32.6 Å². The van der Waals surface area contributed by atoms with Gasteiger partial charge in [-0.1, -0.05) is 33.6 Å². The zero-order valence-corrected chi connectivity index (χ0v) is 13.8. The first-order valence-corrected chi connectivity index (χ1v) is 8.17. The topological polar surface area (TPSA) is 41.6 Å². The number of carbonyl (C=O) groups is 1. The van der Waals surface area contributed by atoms with E-state index < -0.39 is 0 Å². The fourth-order valence-corrected chi connectivity index (χ4v) is 2.85. The molecular weight excluding hydrogens is 252 g/mol. The number of amides is 1. The van der Waals surface area contributed by atoms with Gasteiger partial charge in [-0.15, -0.1) is 0 Å². The van der Waals surface area contributed by atoms with E-state index in [9.17, 15) is 4.79 Å². The number of ether oxygens (including phenoxy) is 1. The van der Waals surface area contributed by atoms with Gasteiger partial charge >= 0.3 is 0 Å². The van der Waals surface area contributed by atoms with E-state index in [2.05, 4.69) is 33.0 Å². The highest BCUT2D eigenvalue weighted by atomic mass is 16.5. The van der Waals surface area contributed by atoms with E-state index in [1.165, 1.54) is 0 Å². The van der Waals surface area contributed by atoms with Crippen molar-refractivity contribution in [2.75, 3.05) is 13.2 Å². The third kappa shape index (κ3) is 4.74. The van der Waals surface area contributed by atoms with Crippen LogP contribution in [0, 0.1) is 5.92 Å². The molecule has 1 aliphatic rings. The van der Waals surface area contributed by atoms with Gasteiger partial charge in [-0.3, -0.25) is 10.1 Å². The van der Waals surface area contributed by atoms with Crippen molar-refractivity contribution in [1.29, 1.82) is 0 Å². The summed E-state index contributed by atoms with van der Waals surface area (Å²) in [5.41, 5.74) is 0. The summed E-state index contributed by atoms with van der Waals surface area (Å²) in [4.78, 5) is 14.6. The largest absolute Gasteiger partial charge is 0.380 e. The molecule has 3 atom stereocenters. The number of unbranched alkanes of at least 4 members (excludes halogenated alkanes) is 1. The number of nitrogens with zero attached hydrogens (tertiary/aromatic N) is 1. The normalized spacial score (nSPS) is 24.7. The molecule has 0 aromatic heterocycles. The van der Waals surface area contributed by atoms with Crippen LogP contribution in [0.4, 0.5) is 0 Å². The minimum absolute atomic E-state index is 0.00257. The van der Waals surface area contributed by atoms with Gasteiger partial charge in [0.05, 0.1) is 24.9 Å². The Morgan fingerprint density at radius 3 is 2.55 bits per heavy atom. The molecule has 0 aliphatic carbocycles. The molecule has 1 heterocycles. The van der Waals surface area contributed by atoms with Crippen molar-refractivity contribution in [3.8, 4) is 0 Å². The third-order valence-corrected chi connectivity index (χ3v) is 3.86. The fourth-order valence-electron chi connectivity index (χ4n) is 2.85. The molecule has 4 nitrogen and oxygen atoms in total. The Kier molecular flexibility index (Phi) is 7.52. The van der Waals surface area contributed by atoms with Gasteiger partial charge in [-0.2, -0.15) is 0 Å². The van der Waals surface area contributed by atoms with E-state index in [1.807, 2.05) is 11.8 Å². The quantitative estimate of drug-likeness (QED) is 0.708. The lowest BCUT2D eigenvalue weighted by Crippen LogP contribution is -2.46. The van der Waals surface area contributed by atoms with Crippen molar-refractivity contribution in [2.24, 2.45) is 5.92 Å². The van der Waals surface area contributed by atoms with Crippen LogP contribution in [0.5, 0.6) is 0 Å². The first-order chi connectivity index (χ1) is 9.51. The molecule has 1 saturated heterocycles. The van der Waals surface area contributed by atoms with E-state index in [0.717, 1.165) is 25.7 Å². The summed E-state index contributed by atoms with van der Waals surface area (Å²) < 4.78 is 5.50. The Labute approximate surface area is 124 Å². The molecule has 1 fully saturated rings. The van der Waals surface area contributed by atoms with Gasteiger partial charge in [0.25, 0.3) is 0 Å². The highest BCUT2D eigenvalue weighted by molar-refractivity contribution is 5.84. The molecule has 0 aromatic carbocycles. The second-order valence-corrected chi connectivity index (χ2v) is 6.26. The number of carbonyl (C=O) groups excluding carboxylic acids is 1. The average molecular weight is 284 g/mol. The second kappa shape index (κ2) is 8.63. The summed E-state index contributed by atoms with van der Waals surface area (Å²) in [6.07, 6.45) is 4.35. The molecular formula is C16H32N2O2. The molecule has 20 heavy (non-hydrogen) atoms. The van der Waals surface area contributed by atoms with Gasteiger partial charge in [-0.25, -0.2) is 0 Å². The third-order valence-electron chi connectivity index (χ3n) is 3.86. The summed E-state index contributed by atoms with van der Waals surface area (Å²) in [7, 11) is 0. The van der Waals surface area contributed by atoms with Crippen LogP contribution in [0.25, 0.3) is 0 Å². The Morgan fingerprint density at radius 1 is 1.30 bits per heavy atom. The van der Waals surface area contributed by atoms with Gasteiger partial charge in [0, 0.05) is 6.61 Å². The van der Waals surface area contributed by atoms with Gasteiger partial charge in [0.15, 0.2) is 0 Å². The SMILES string of the molecule is CCCCC1NC(CC(C)C)N(C(C)COCC)C1=O. The van der Waals surface area contributed by atoms with Crippen molar-refractivity contribution >= 4 is 5.91 Å². The van der Waals surface area contributed by atoms with Crippen molar-refractivity contribution in [3.05, 3.63) is 0 Å².